The molecule has 0 saturated heterocycles. The summed E-state index contributed by atoms with van der Waals surface area (Å²) < 4.78 is 0. The highest BCUT2D eigenvalue weighted by Crippen LogP contribution is 2.27. The Hall–Kier alpha value is -1.16. The standard InChI is InChI=1S/C17H25NO2S/c1-18(17(20)13-14-5-3-2-4-6-14)11-12-21-16-9-7-15(19)8-10-16/h7-10,14,19H,2-6,11-13H2,1H3. The van der Waals surface area contributed by atoms with Gasteiger partial charge >= 0.3 is 0 Å². The van der Waals surface area contributed by atoms with Gasteiger partial charge in [0.2, 0.25) is 5.91 Å². The summed E-state index contributed by atoms with van der Waals surface area (Å²) in [5.41, 5.74) is 0. The van der Waals surface area contributed by atoms with Gasteiger partial charge in [-0.15, -0.1) is 11.8 Å². The first kappa shape index (κ1) is 16.2. The van der Waals surface area contributed by atoms with Gasteiger partial charge in [-0.25, -0.2) is 0 Å². The first-order valence-electron chi connectivity index (χ1n) is 7.81. The average molecular weight is 307 g/mol. The molecule has 0 unspecified atom stereocenters. The van der Waals surface area contributed by atoms with Crippen molar-refractivity contribution in [3.63, 3.8) is 0 Å². The predicted molar refractivity (Wildman–Crippen MR) is 87.7 cm³/mol. The molecular formula is C17H25NO2S. The van der Waals surface area contributed by atoms with Gasteiger partial charge in [-0.05, 0) is 43.0 Å². The van der Waals surface area contributed by atoms with Crippen molar-refractivity contribution in [2.45, 2.75) is 43.4 Å². The Morgan fingerprint density at radius 2 is 1.90 bits per heavy atom. The van der Waals surface area contributed by atoms with Crippen molar-refractivity contribution < 1.29 is 9.90 Å². The van der Waals surface area contributed by atoms with Gasteiger partial charge in [0, 0.05) is 30.7 Å². The molecular weight excluding hydrogens is 282 g/mol. The van der Waals surface area contributed by atoms with Crippen LogP contribution < -0.4 is 0 Å². The molecule has 1 amide bonds. The molecule has 4 heteroatoms. The Balaban J connectivity index is 1.67. The van der Waals surface area contributed by atoms with Crippen LogP contribution in [0.1, 0.15) is 38.5 Å². The normalized spacial score (nSPS) is 15.9. The number of amides is 1. The Kier molecular flexibility index (Phi) is 6.43. The van der Waals surface area contributed by atoms with Crippen LogP contribution in [0.4, 0.5) is 0 Å². The molecule has 0 radical (unpaired) electrons. The van der Waals surface area contributed by atoms with Crippen molar-refractivity contribution in [2.75, 3.05) is 19.3 Å². The number of carbonyl (C=O) groups excluding carboxylic acids is 1. The quantitative estimate of drug-likeness (QED) is 0.810. The zero-order valence-corrected chi connectivity index (χ0v) is 13.6. The first-order chi connectivity index (χ1) is 10.1. The van der Waals surface area contributed by atoms with E-state index in [1.165, 1.54) is 32.1 Å². The van der Waals surface area contributed by atoms with Crippen LogP contribution in [0.15, 0.2) is 29.2 Å². The minimum Gasteiger partial charge on any atom is -0.508 e. The van der Waals surface area contributed by atoms with Gasteiger partial charge in [-0.1, -0.05) is 19.3 Å². The van der Waals surface area contributed by atoms with Crippen LogP contribution in [0.2, 0.25) is 0 Å². The number of hydrogen-bond acceptors (Lipinski definition) is 3. The van der Waals surface area contributed by atoms with E-state index in [4.69, 9.17) is 0 Å². The third-order valence-corrected chi connectivity index (χ3v) is 5.14. The van der Waals surface area contributed by atoms with Crippen molar-refractivity contribution in [1.82, 2.24) is 4.90 Å². The lowest BCUT2D eigenvalue weighted by Gasteiger charge is -2.24. The Bertz CT molecular complexity index is 441. The number of hydrogen-bond donors (Lipinski definition) is 1. The topological polar surface area (TPSA) is 40.5 Å². The second-order valence-electron chi connectivity index (χ2n) is 5.87. The van der Waals surface area contributed by atoms with Crippen LogP contribution in [0.25, 0.3) is 0 Å². The number of phenols is 1. The van der Waals surface area contributed by atoms with Gasteiger partial charge in [0.05, 0.1) is 0 Å². The molecule has 0 spiro atoms. The monoisotopic (exact) mass is 307 g/mol. The predicted octanol–water partition coefficient (Wildman–Crippen LogP) is 3.91. The highest BCUT2D eigenvalue weighted by atomic mass is 32.2. The molecule has 0 atom stereocenters. The van der Waals surface area contributed by atoms with E-state index in [1.807, 2.05) is 24.1 Å². The van der Waals surface area contributed by atoms with E-state index in [0.717, 1.165) is 23.6 Å². The van der Waals surface area contributed by atoms with Crippen LogP contribution in [0, 0.1) is 5.92 Å². The average Bonchev–Trinajstić information content (AvgIpc) is 2.50. The van der Waals surface area contributed by atoms with Gasteiger partial charge in [-0.2, -0.15) is 0 Å². The van der Waals surface area contributed by atoms with Crippen molar-refractivity contribution in [1.29, 1.82) is 0 Å². The van der Waals surface area contributed by atoms with E-state index in [-0.39, 0.29) is 5.91 Å². The van der Waals surface area contributed by atoms with Crippen LogP contribution >= 0.6 is 11.8 Å². The van der Waals surface area contributed by atoms with Gasteiger partial charge in [0.1, 0.15) is 5.75 Å². The third-order valence-electron chi connectivity index (χ3n) is 4.15. The SMILES string of the molecule is CN(CCSc1ccc(O)cc1)C(=O)CC1CCCCC1. The summed E-state index contributed by atoms with van der Waals surface area (Å²) in [5, 5.41) is 9.24. The molecule has 2 rings (SSSR count). The lowest BCUT2D eigenvalue weighted by Crippen LogP contribution is -2.30. The number of carbonyl (C=O) groups is 1. The second kappa shape index (κ2) is 8.32. The Labute approximate surface area is 131 Å². The van der Waals surface area contributed by atoms with Crippen LogP contribution in [-0.2, 0) is 4.79 Å². The van der Waals surface area contributed by atoms with E-state index in [9.17, 15) is 9.90 Å². The van der Waals surface area contributed by atoms with Gasteiger partial charge in [-0.3, -0.25) is 4.79 Å². The summed E-state index contributed by atoms with van der Waals surface area (Å²) in [6.07, 6.45) is 7.09. The molecule has 1 saturated carbocycles. The zero-order chi connectivity index (χ0) is 15.1. The van der Waals surface area contributed by atoms with Gasteiger partial charge in [0.15, 0.2) is 0 Å². The maximum absolute atomic E-state index is 12.2. The van der Waals surface area contributed by atoms with Crippen LogP contribution in [-0.4, -0.2) is 35.3 Å². The molecule has 116 valence electrons. The lowest BCUT2D eigenvalue weighted by atomic mass is 9.87. The first-order valence-corrected chi connectivity index (χ1v) is 8.79. The third kappa shape index (κ3) is 5.62. The summed E-state index contributed by atoms with van der Waals surface area (Å²) in [4.78, 5) is 15.2. The minimum absolute atomic E-state index is 0.285. The maximum Gasteiger partial charge on any atom is 0.222 e. The molecule has 1 N–H and O–H groups in total. The fourth-order valence-corrected chi connectivity index (χ4v) is 3.69. The molecule has 1 aliphatic carbocycles. The highest BCUT2D eigenvalue weighted by molar-refractivity contribution is 7.99. The summed E-state index contributed by atoms with van der Waals surface area (Å²) in [5.74, 6) is 2.07. The van der Waals surface area contributed by atoms with E-state index in [2.05, 4.69) is 0 Å². The molecule has 1 aromatic rings. The number of aromatic hydroxyl groups is 1. The van der Waals surface area contributed by atoms with Crippen LogP contribution in [0.5, 0.6) is 5.75 Å². The Morgan fingerprint density at radius 3 is 2.57 bits per heavy atom. The molecule has 1 aliphatic rings. The van der Waals surface area contributed by atoms with Gasteiger partial charge in [0.25, 0.3) is 0 Å². The number of rotatable bonds is 6. The number of phenolic OH excluding ortho intramolecular Hbond substituents is 1. The number of benzene rings is 1. The largest absolute Gasteiger partial charge is 0.508 e. The molecule has 21 heavy (non-hydrogen) atoms. The molecule has 3 nitrogen and oxygen atoms in total. The minimum atomic E-state index is 0.285. The highest BCUT2D eigenvalue weighted by Gasteiger charge is 2.19. The van der Waals surface area contributed by atoms with Gasteiger partial charge < -0.3 is 10.0 Å². The molecule has 0 aromatic heterocycles. The smallest absolute Gasteiger partial charge is 0.222 e. The molecule has 1 aromatic carbocycles. The Morgan fingerprint density at radius 1 is 1.24 bits per heavy atom. The maximum atomic E-state index is 12.2. The fourth-order valence-electron chi connectivity index (χ4n) is 2.76. The number of nitrogens with zero attached hydrogens (tertiary/aromatic N) is 1. The number of thioether (sulfide) groups is 1. The van der Waals surface area contributed by atoms with E-state index >= 15 is 0 Å². The molecule has 0 bridgehead atoms. The molecule has 1 fully saturated rings. The summed E-state index contributed by atoms with van der Waals surface area (Å²) in [7, 11) is 1.91. The van der Waals surface area contributed by atoms with Crippen molar-refractivity contribution >= 4 is 17.7 Å². The van der Waals surface area contributed by atoms with Crippen LogP contribution in [0.3, 0.4) is 0 Å². The van der Waals surface area contributed by atoms with E-state index in [0.29, 0.717) is 11.7 Å². The molecule has 0 heterocycles. The molecule has 0 aliphatic heterocycles. The summed E-state index contributed by atoms with van der Waals surface area (Å²) in [6, 6.07) is 7.20. The fraction of sp³-hybridized carbons (Fsp3) is 0.588. The second-order valence-corrected chi connectivity index (χ2v) is 7.03. The zero-order valence-electron chi connectivity index (χ0n) is 12.8. The van der Waals surface area contributed by atoms with Crippen molar-refractivity contribution in [3.8, 4) is 5.75 Å². The van der Waals surface area contributed by atoms with Crippen molar-refractivity contribution in [2.24, 2.45) is 5.92 Å². The van der Waals surface area contributed by atoms with E-state index in [1.54, 1.807) is 23.9 Å². The summed E-state index contributed by atoms with van der Waals surface area (Å²) in [6.45, 7) is 0.775. The van der Waals surface area contributed by atoms with E-state index < -0.39 is 0 Å². The lowest BCUT2D eigenvalue weighted by molar-refractivity contribution is -0.130. The van der Waals surface area contributed by atoms with Crippen molar-refractivity contribution in [3.05, 3.63) is 24.3 Å². The summed E-state index contributed by atoms with van der Waals surface area (Å²) >= 11 is 1.72.